The van der Waals surface area contributed by atoms with Crippen molar-refractivity contribution >= 4 is 12.1 Å². The van der Waals surface area contributed by atoms with Crippen LogP contribution in [0.1, 0.15) is 67.8 Å². The van der Waals surface area contributed by atoms with Crippen molar-refractivity contribution in [1.29, 1.82) is 0 Å². The second-order valence-electron chi connectivity index (χ2n) is 12.6. The Bertz CT molecular complexity index is 1610. The Labute approximate surface area is 277 Å². The molecule has 47 heavy (non-hydrogen) atoms. The minimum absolute atomic E-state index is 0.0559. The van der Waals surface area contributed by atoms with Crippen molar-refractivity contribution in [2.45, 2.75) is 65.5 Å². The van der Waals surface area contributed by atoms with Gasteiger partial charge in [-0.2, -0.15) is 0 Å². The number of nitrogens with zero attached hydrogens (tertiary/aromatic N) is 1. The van der Waals surface area contributed by atoms with Gasteiger partial charge in [0.25, 0.3) is 0 Å². The molecule has 1 N–H and O–H groups in total. The monoisotopic (exact) mass is 639 g/mol. The molecule has 4 aromatic carbocycles. The summed E-state index contributed by atoms with van der Waals surface area (Å²) in [4.78, 5) is 27.0. The largest absolute Gasteiger partial charge is 0.490 e. The molecule has 1 amide bonds. The first-order valence-electron chi connectivity index (χ1n) is 15.8. The van der Waals surface area contributed by atoms with Crippen molar-refractivity contribution < 1.29 is 33.6 Å². The van der Waals surface area contributed by atoms with E-state index in [1.165, 1.54) is 7.11 Å². The number of aliphatic hydroxyl groups excluding tert-OH is 1. The van der Waals surface area contributed by atoms with Gasteiger partial charge in [0.1, 0.15) is 29.3 Å². The van der Waals surface area contributed by atoms with Crippen molar-refractivity contribution in [3.05, 3.63) is 119 Å². The lowest BCUT2D eigenvalue weighted by molar-refractivity contribution is 0.0146. The van der Waals surface area contributed by atoms with E-state index >= 15 is 0 Å². The first-order valence-corrected chi connectivity index (χ1v) is 15.8. The summed E-state index contributed by atoms with van der Waals surface area (Å²) in [5.41, 5.74) is 4.24. The van der Waals surface area contributed by atoms with E-state index in [4.69, 9.17) is 18.9 Å². The molecule has 0 aliphatic heterocycles. The average molecular weight is 640 g/mol. The molecule has 0 saturated heterocycles. The minimum Gasteiger partial charge on any atom is -0.490 e. The number of esters is 1. The number of ether oxygens (including phenoxy) is 4. The van der Waals surface area contributed by atoms with E-state index in [1.807, 2.05) is 120 Å². The predicted molar refractivity (Wildman–Crippen MR) is 183 cm³/mol. The highest BCUT2D eigenvalue weighted by Gasteiger charge is 2.25. The molecule has 0 unspecified atom stereocenters. The molecule has 0 bridgehead atoms. The summed E-state index contributed by atoms with van der Waals surface area (Å²) >= 11 is 0. The molecule has 4 aromatic rings. The summed E-state index contributed by atoms with van der Waals surface area (Å²) < 4.78 is 22.5. The number of benzene rings is 4. The normalized spacial score (nSPS) is 11.9. The summed E-state index contributed by atoms with van der Waals surface area (Å²) in [5, 5.41) is 11.2. The molecule has 0 spiro atoms. The van der Waals surface area contributed by atoms with Gasteiger partial charge in [0.15, 0.2) is 0 Å². The van der Waals surface area contributed by atoms with Gasteiger partial charge < -0.3 is 29.0 Å². The summed E-state index contributed by atoms with van der Waals surface area (Å²) in [5.74, 6) is 0.650. The molecule has 0 radical (unpaired) electrons. The molecule has 1 atom stereocenters. The third kappa shape index (κ3) is 10.6. The molecule has 0 saturated carbocycles. The van der Waals surface area contributed by atoms with E-state index in [1.54, 1.807) is 17.0 Å². The van der Waals surface area contributed by atoms with E-state index in [-0.39, 0.29) is 12.6 Å². The Kier molecular flexibility index (Phi) is 12.0. The first-order chi connectivity index (χ1) is 22.4. The highest BCUT2D eigenvalue weighted by molar-refractivity contribution is 5.93. The van der Waals surface area contributed by atoms with Crippen LogP contribution in [0.25, 0.3) is 11.1 Å². The number of hydrogen-bond acceptors (Lipinski definition) is 7. The topological polar surface area (TPSA) is 94.5 Å². The van der Waals surface area contributed by atoms with E-state index in [0.717, 1.165) is 22.3 Å². The van der Waals surface area contributed by atoms with Crippen molar-refractivity contribution in [1.82, 2.24) is 4.90 Å². The lowest BCUT2D eigenvalue weighted by atomic mass is 10.0. The number of hydrogen-bond donors (Lipinski definition) is 1. The van der Waals surface area contributed by atoms with Crippen LogP contribution in [0.3, 0.4) is 0 Å². The summed E-state index contributed by atoms with van der Waals surface area (Å²) in [6.45, 7) is 10.1. The Morgan fingerprint density at radius 2 is 1.53 bits per heavy atom. The van der Waals surface area contributed by atoms with Crippen molar-refractivity contribution in [2.24, 2.45) is 0 Å². The molecule has 8 nitrogen and oxygen atoms in total. The number of aliphatic hydroxyl groups is 1. The van der Waals surface area contributed by atoms with E-state index < -0.39 is 23.8 Å². The zero-order chi connectivity index (χ0) is 34.0. The molecular weight excluding hydrogens is 594 g/mol. The molecule has 4 rings (SSSR count). The lowest BCUT2D eigenvalue weighted by Crippen LogP contribution is -2.40. The van der Waals surface area contributed by atoms with Crippen molar-refractivity contribution in [3.8, 4) is 22.6 Å². The maximum absolute atomic E-state index is 13.2. The second-order valence-corrected chi connectivity index (χ2v) is 12.6. The van der Waals surface area contributed by atoms with E-state index in [2.05, 4.69) is 0 Å². The summed E-state index contributed by atoms with van der Waals surface area (Å²) in [7, 11) is 1.35. The quantitative estimate of drug-likeness (QED) is 0.148. The van der Waals surface area contributed by atoms with Crippen LogP contribution in [0.15, 0.2) is 97.1 Å². The highest BCUT2D eigenvalue weighted by Crippen LogP contribution is 2.29. The fourth-order valence-corrected chi connectivity index (χ4v) is 4.91. The third-order valence-corrected chi connectivity index (χ3v) is 7.24. The minimum atomic E-state index is -0.944. The van der Waals surface area contributed by atoms with Gasteiger partial charge in [-0.15, -0.1) is 0 Å². The van der Waals surface area contributed by atoms with Gasteiger partial charge in [-0.05, 0) is 93.1 Å². The van der Waals surface area contributed by atoms with Gasteiger partial charge in [-0.3, -0.25) is 0 Å². The number of rotatable bonds is 13. The maximum atomic E-state index is 13.2. The average Bonchev–Trinajstić information content (AvgIpc) is 3.05. The fourth-order valence-electron chi connectivity index (χ4n) is 4.91. The summed E-state index contributed by atoms with van der Waals surface area (Å²) in [6, 6.07) is 30.6. The molecule has 0 aliphatic rings. The zero-order valence-corrected chi connectivity index (χ0v) is 28.1. The van der Waals surface area contributed by atoms with Crippen LogP contribution in [-0.4, -0.2) is 54.0 Å². The zero-order valence-electron chi connectivity index (χ0n) is 28.1. The Morgan fingerprint density at radius 3 is 2.19 bits per heavy atom. The number of carbonyl (C=O) groups is 2. The number of methoxy groups -OCH3 is 1. The molecule has 0 fully saturated rings. The van der Waals surface area contributed by atoms with Crippen LogP contribution in [0.2, 0.25) is 0 Å². The lowest BCUT2D eigenvalue weighted by Gasteiger charge is -2.29. The van der Waals surface area contributed by atoms with Gasteiger partial charge in [0, 0.05) is 6.54 Å². The Morgan fingerprint density at radius 1 is 0.830 bits per heavy atom. The second kappa shape index (κ2) is 16.1. The van der Waals surface area contributed by atoms with E-state index in [9.17, 15) is 14.7 Å². The molecule has 0 aliphatic carbocycles. The number of carbonyl (C=O) groups excluding carboxylic acids is 2. The maximum Gasteiger partial charge on any atom is 0.410 e. The highest BCUT2D eigenvalue weighted by atomic mass is 16.6. The van der Waals surface area contributed by atoms with Crippen LogP contribution in [0, 0.1) is 0 Å². The van der Waals surface area contributed by atoms with Gasteiger partial charge in [0.2, 0.25) is 0 Å². The fraction of sp³-hybridized carbons (Fsp3) is 0.333. The first kappa shape index (κ1) is 35.0. The van der Waals surface area contributed by atoms with Gasteiger partial charge in [-0.1, -0.05) is 72.8 Å². The van der Waals surface area contributed by atoms with Crippen LogP contribution in [-0.2, 0) is 22.5 Å². The Balaban J connectivity index is 1.45. The third-order valence-electron chi connectivity index (χ3n) is 7.24. The standard InChI is InChI=1S/C39H45NO7/c1-27(2)46-36-24-31(19-20-34(36)37(42)44-6)30-17-15-28(16-18-30)21-22-40(38(43)47-39(3,4)5)25-35(41)32-13-10-14-33(23-32)45-26-29-11-8-7-9-12-29/h7-20,23-24,27,35,41H,21-22,25-26H2,1-6H3/t35-/m0/s1. The molecule has 8 heteroatoms. The molecular formula is C39H45NO7. The Hall–Kier alpha value is -4.82. The van der Waals surface area contributed by atoms with Crippen LogP contribution in [0.5, 0.6) is 11.5 Å². The summed E-state index contributed by atoms with van der Waals surface area (Å²) in [6.07, 6.45) is -0.997. The SMILES string of the molecule is COC(=O)c1ccc(-c2ccc(CCN(C[C@H](O)c3cccc(OCc4ccccc4)c3)C(=O)OC(C)(C)C)cc2)cc1OC(C)C. The van der Waals surface area contributed by atoms with Crippen LogP contribution >= 0.6 is 0 Å². The van der Waals surface area contributed by atoms with Crippen LogP contribution in [0.4, 0.5) is 4.79 Å². The predicted octanol–water partition coefficient (Wildman–Crippen LogP) is 8.02. The van der Waals surface area contributed by atoms with Crippen molar-refractivity contribution in [2.75, 3.05) is 20.2 Å². The molecule has 0 heterocycles. The smallest absolute Gasteiger partial charge is 0.410 e. The van der Waals surface area contributed by atoms with Crippen LogP contribution < -0.4 is 9.47 Å². The van der Waals surface area contributed by atoms with Crippen molar-refractivity contribution in [3.63, 3.8) is 0 Å². The van der Waals surface area contributed by atoms with Gasteiger partial charge in [-0.25, -0.2) is 9.59 Å². The molecule has 248 valence electrons. The number of amides is 1. The molecule has 0 aromatic heterocycles. The van der Waals surface area contributed by atoms with E-state index in [0.29, 0.717) is 42.2 Å². The van der Waals surface area contributed by atoms with Gasteiger partial charge >= 0.3 is 12.1 Å². The van der Waals surface area contributed by atoms with Gasteiger partial charge in [0.05, 0.1) is 25.9 Å².